The Morgan fingerprint density at radius 3 is 2.77 bits per heavy atom. The molecule has 4 rings (SSSR count). The van der Waals surface area contributed by atoms with Crippen molar-refractivity contribution in [3.63, 3.8) is 0 Å². The lowest BCUT2D eigenvalue weighted by molar-refractivity contribution is -0.135. The SMILES string of the molecule is O=C1CCC(n2cc3cc(CNC(=O)Nc4cc(Cl)ccc4Cl)ccc3c2O)C(=O)N1. The fourth-order valence-corrected chi connectivity index (χ4v) is 3.85. The molecule has 4 amide bonds. The molecule has 0 bridgehead atoms. The monoisotopic (exact) mass is 460 g/mol. The topological polar surface area (TPSA) is 112 Å². The second-order valence-corrected chi connectivity index (χ2v) is 8.02. The summed E-state index contributed by atoms with van der Waals surface area (Å²) < 4.78 is 1.47. The molecule has 1 unspecified atom stereocenters. The zero-order valence-electron chi connectivity index (χ0n) is 16.1. The Hall–Kier alpha value is -3.23. The second-order valence-electron chi connectivity index (χ2n) is 7.18. The van der Waals surface area contributed by atoms with Gasteiger partial charge >= 0.3 is 6.03 Å². The van der Waals surface area contributed by atoms with Crippen molar-refractivity contribution in [1.29, 1.82) is 0 Å². The molecule has 8 nitrogen and oxygen atoms in total. The van der Waals surface area contributed by atoms with E-state index in [4.69, 9.17) is 23.2 Å². The lowest BCUT2D eigenvalue weighted by atomic mass is 10.1. The summed E-state index contributed by atoms with van der Waals surface area (Å²) in [7, 11) is 0. The van der Waals surface area contributed by atoms with Crippen LogP contribution in [0, 0.1) is 0 Å². The maximum atomic E-state index is 12.2. The van der Waals surface area contributed by atoms with Crippen LogP contribution in [0.5, 0.6) is 5.88 Å². The average molecular weight is 461 g/mol. The maximum Gasteiger partial charge on any atom is 0.319 e. The normalized spacial score (nSPS) is 16.3. The first-order valence-corrected chi connectivity index (χ1v) is 10.2. The van der Waals surface area contributed by atoms with Crippen molar-refractivity contribution >= 4 is 57.5 Å². The van der Waals surface area contributed by atoms with Crippen LogP contribution in [0.1, 0.15) is 24.4 Å². The van der Waals surface area contributed by atoms with Gasteiger partial charge in [0.05, 0.1) is 10.7 Å². The van der Waals surface area contributed by atoms with Gasteiger partial charge in [0.25, 0.3) is 0 Å². The van der Waals surface area contributed by atoms with Crippen LogP contribution < -0.4 is 16.0 Å². The number of nitrogens with zero attached hydrogens (tertiary/aromatic N) is 1. The lowest BCUT2D eigenvalue weighted by Gasteiger charge is -2.22. The summed E-state index contributed by atoms with van der Waals surface area (Å²) in [5, 5.41) is 20.3. The third-order valence-corrected chi connectivity index (χ3v) is 5.62. The number of halogens is 2. The maximum absolute atomic E-state index is 12.2. The van der Waals surface area contributed by atoms with Crippen molar-refractivity contribution in [1.82, 2.24) is 15.2 Å². The number of hydrogen-bond acceptors (Lipinski definition) is 4. The van der Waals surface area contributed by atoms with Gasteiger partial charge in [0.15, 0.2) is 5.88 Å². The van der Waals surface area contributed by atoms with Crippen molar-refractivity contribution in [2.24, 2.45) is 0 Å². The average Bonchev–Trinajstić information content (AvgIpc) is 3.05. The molecule has 1 aliphatic rings. The summed E-state index contributed by atoms with van der Waals surface area (Å²) in [6.07, 6.45) is 2.20. The summed E-state index contributed by atoms with van der Waals surface area (Å²) in [6, 6.07) is 8.96. The molecule has 31 heavy (non-hydrogen) atoms. The minimum Gasteiger partial charge on any atom is -0.494 e. The third-order valence-electron chi connectivity index (χ3n) is 5.06. The van der Waals surface area contributed by atoms with E-state index in [0.717, 1.165) is 5.56 Å². The van der Waals surface area contributed by atoms with Gasteiger partial charge < -0.3 is 20.3 Å². The van der Waals surface area contributed by atoms with Gasteiger partial charge in [-0.3, -0.25) is 14.9 Å². The summed E-state index contributed by atoms with van der Waals surface area (Å²) in [5.41, 5.74) is 1.19. The zero-order valence-corrected chi connectivity index (χ0v) is 17.6. The predicted molar refractivity (Wildman–Crippen MR) is 117 cm³/mol. The van der Waals surface area contributed by atoms with Gasteiger partial charge in [-0.25, -0.2) is 4.79 Å². The number of urea groups is 1. The van der Waals surface area contributed by atoms with Crippen LogP contribution in [0.25, 0.3) is 10.8 Å². The standard InChI is InChI=1S/C21H18Cl2N4O4/c22-13-2-4-15(23)16(8-13)25-21(31)24-9-11-1-3-14-12(7-11)10-27(20(14)30)17-5-6-18(28)26-19(17)29/h1-4,7-8,10,17,30H,5-6,9H2,(H2,24,25,31)(H,26,28,29). The Morgan fingerprint density at radius 2 is 2.00 bits per heavy atom. The van der Waals surface area contributed by atoms with E-state index in [1.54, 1.807) is 36.5 Å². The van der Waals surface area contributed by atoms with Crippen LogP contribution in [0.2, 0.25) is 10.0 Å². The molecule has 10 heteroatoms. The summed E-state index contributed by atoms with van der Waals surface area (Å²) in [6.45, 7) is 0.227. The summed E-state index contributed by atoms with van der Waals surface area (Å²) >= 11 is 12.0. The fraction of sp³-hybridized carbons (Fsp3) is 0.190. The number of nitrogens with one attached hydrogen (secondary N) is 3. The number of benzene rings is 2. The first-order valence-electron chi connectivity index (χ1n) is 9.48. The quantitative estimate of drug-likeness (QED) is 0.441. The van der Waals surface area contributed by atoms with Gasteiger partial charge in [-0.2, -0.15) is 0 Å². The first-order chi connectivity index (χ1) is 14.8. The van der Waals surface area contributed by atoms with E-state index in [9.17, 15) is 19.5 Å². The van der Waals surface area contributed by atoms with Gasteiger partial charge in [0.2, 0.25) is 11.8 Å². The van der Waals surface area contributed by atoms with Crippen LogP contribution in [0.3, 0.4) is 0 Å². The molecule has 3 aromatic rings. The Bertz CT molecular complexity index is 1210. The largest absolute Gasteiger partial charge is 0.494 e. The number of rotatable bonds is 4. The van der Waals surface area contributed by atoms with Crippen LogP contribution in [-0.4, -0.2) is 27.5 Å². The highest BCUT2D eigenvalue weighted by atomic mass is 35.5. The van der Waals surface area contributed by atoms with E-state index in [1.807, 2.05) is 6.07 Å². The van der Waals surface area contributed by atoms with Crippen molar-refractivity contribution in [3.05, 3.63) is 58.2 Å². The Balaban J connectivity index is 1.47. The van der Waals surface area contributed by atoms with Gasteiger partial charge in [-0.15, -0.1) is 0 Å². The molecule has 2 aromatic carbocycles. The van der Waals surface area contributed by atoms with Gasteiger partial charge in [-0.05, 0) is 42.3 Å². The number of imide groups is 1. The molecular formula is C21H18Cl2N4O4. The third kappa shape index (κ3) is 4.45. The molecule has 0 spiro atoms. The number of piperidine rings is 1. The lowest BCUT2D eigenvalue weighted by Crippen LogP contribution is -2.41. The van der Waals surface area contributed by atoms with E-state index in [2.05, 4.69) is 16.0 Å². The fourth-order valence-electron chi connectivity index (χ4n) is 3.51. The van der Waals surface area contributed by atoms with Crippen LogP contribution >= 0.6 is 23.2 Å². The molecule has 0 aliphatic carbocycles. The number of hydrogen-bond donors (Lipinski definition) is 4. The van der Waals surface area contributed by atoms with Crippen LogP contribution in [-0.2, 0) is 16.1 Å². The molecule has 2 heterocycles. The minimum atomic E-state index is -0.653. The van der Waals surface area contributed by atoms with E-state index in [0.29, 0.717) is 32.9 Å². The summed E-state index contributed by atoms with van der Waals surface area (Å²) in [4.78, 5) is 35.7. The van der Waals surface area contributed by atoms with E-state index < -0.39 is 18.0 Å². The number of anilines is 1. The van der Waals surface area contributed by atoms with E-state index in [-0.39, 0.29) is 24.8 Å². The predicted octanol–water partition coefficient (Wildman–Crippen LogP) is 3.95. The smallest absolute Gasteiger partial charge is 0.319 e. The summed E-state index contributed by atoms with van der Waals surface area (Å²) in [5.74, 6) is -0.800. The number of amides is 4. The van der Waals surface area contributed by atoms with Crippen molar-refractivity contribution in [3.8, 4) is 5.88 Å². The molecule has 0 saturated carbocycles. The van der Waals surface area contributed by atoms with Crippen molar-refractivity contribution < 1.29 is 19.5 Å². The van der Waals surface area contributed by atoms with E-state index in [1.165, 1.54) is 4.57 Å². The molecule has 1 aliphatic heterocycles. The van der Waals surface area contributed by atoms with Gasteiger partial charge in [0.1, 0.15) is 6.04 Å². The highest BCUT2D eigenvalue weighted by Gasteiger charge is 2.30. The molecule has 1 saturated heterocycles. The number of carbonyl (C=O) groups excluding carboxylic acids is 3. The van der Waals surface area contributed by atoms with Gasteiger partial charge in [-0.1, -0.05) is 29.3 Å². The molecular weight excluding hydrogens is 443 g/mol. The number of fused-ring (bicyclic) bond motifs is 1. The van der Waals surface area contributed by atoms with Crippen molar-refractivity contribution in [2.75, 3.05) is 5.32 Å². The number of carbonyl (C=O) groups is 3. The van der Waals surface area contributed by atoms with Crippen LogP contribution in [0.4, 0.5) is 10.5 Å². The number of aromatic hydroxyl groups is 1. The Labute approximate surface area is 187 Å². The highest BCUT2D eigenvalue weighted by Crippen LogP contribution is 2.33. The van der Waals surface area contributed by atoms with Gasteiger partial charge in [0, 0.05) is 35.0 Å². The number of aromatic nitrogens is 1. The molecule has 1 atom stereocenters. The van der Waals surface area contributed by atoms with Crippen LogP contribution in [0.15, 0.2) is 42.6 Å². The zero-order chi connectivity index (χ0) is 22.1. The van der Waals surface area contributed by atoms with E-state index >= 15 is 0 Å². The Kier molecular flexibility index (Phi) is 5.75. The second kappa shape index (κ2) is 8.49. The Morgan fingerprint density at radius 1 is 1.19 bits per heavy atom. The minimum absolute atomic E-state index is 0.0441. The van der Waals surface area contributed by atoms with Crippen molar-refractivity contribution in [2.45, 2.75) is 25.4 Å². The molecule has 1 aromatic heterocycles. The molecule has 4 N–H and O–H groups in total. The first kappa shape index (κ1) is 21.0. The molecule has 0 radical (unpaired) electrons. The molecule has 160 valence electrons. The highest BCUT2D eigenvalue weighted by molar-refractivity contribution is 6.35. The molecule has 1 fully saturated rings.